The van der Waals surface area contributed by atoms with Crippen molar-refractivity contribution >= 4 is 5.97 Å². The van der Waals surface area contributed by atoms with E-state index in [0.717, 1.165) is 0 Å². The van der Waals surface area contributed by atoms with Gasteiger partial charge in [-0.2, -0.15) is 0 Å². The van der Waals surface area contributed by atoms with Gasteiger partial charge in [-0.3, -0.25) is 0 Å². The van der Waals surface area contributed by atoms with Crippen LogP contribution in [0.2, 0.25) is 0 Å². The highest BCUT2D eigenvalue weighted by Crippen LogP contribution is 2.22. The SMILES string of the molecule is CC(C)C1OC(=O)C=CC=CC=CC=CC=CCC(O)C(C)C(O)CC(O)CC(O)CC(O)CC(O)CC(O)CC(O)C=CC1C. The van der Waals surface area contributed by atoms with E-state index in [1.54, 1.807) is 67.7 Å². The fraction of sp³-hybridized carbons (Fsp3) is 0.639. The van der Waals surface area contributed by atoms with Gasteiger partial charge < -0.3 is 45.6 Å². The summed E-state index contributed by atoms with van der Waals surface area (Å²) in [6.45, 7) is 7.40. The monoisotopic (exact) mass is 650 g/mol. The van der Waals surface area contributed by atoms with Crippen molar-refractivity contribution in [3.8, 4) is 0 Å². The number of esters is 1. The molecule has 262 valence electrons. The number of hydrogen-bond donors (Lipinski definition) is 8. The minimum atomic E-state index is -1.10. The Balaban J connectivity index is 2.98. The van der Waals surface area contributed by atoms with Gasteiger partial charge in [0.15, 0.2) is 0 Å². The molecule has 1 rings (SSSR count). The van der Waals surface area contributed by atoms with Gasteiger partial charge in [0.2, 0.25) is 0 Å². The van der Waals surface area contributed by atoms with E-state index >= 15 is 0 Å². The third-order valence-corrected chi connectivity index (χ3v) is 8.01. The summed E-state index contributed by atoms with van der Waals surface area (Å²) in [6.07, 6.45) is 11.3. The standard InChI is InChI=1S/C36H58O10/c1-24(2)36-25(3)16-17-27(37)18-28(38)19-29(39)20-30(40)21-31(41)22-32(42)23-34(44)26(4)33(43)14-12-10-8-6-5-7-9-11-13-15-35(45)46-36/h5-13,15-17,24-34,36-44H,14,18-23H2,1-4H3. The van der Waals surface area contributed by atoms with Crippen molar-refractivity contribution in [1.29, 1.82) is 0 Å². The van der Waals surface area contributed by atoms with Crippen molar-refractivity contribution in [3.63, 3.8) is 0 Å². The Kier molecular flexibility index (Phi) is 20.8. The van der Waals surface area contributed by atoms with Crippen LogP contribution in [0.3, 0.4) is 0 Å². The van der Waals surface area contributed by atoms with E-state index in [-0.39, 0.29) is 50.4 Å². The summed E-state index contributed by atoms with van der Waals surface area (Å²) in [6, 6.07) is 0. The predicted molar refractivity (Wildman–Crippen MR) is 178 cm³/mol. The number of aliphatic hydroxyl groups excluding tert-OH is 8. The summed E-state index contributed by atoms with van der Waals surface area (Å²) >= 11 is 0. The van der Waals surface area contributed by atoms with Crippen LogP contribution in [-0.2, 0) is 9.53 Å². The molecule has 8 N–H and O–H groups in total. The van der Waals surface area contributed by atoms with E-state index in [4.69, 9.17) is 4.74 Å². The first-order chi connectivity index (χ1) is 21.7. The molecule has 0 amide bonds. The molecule has 10 heteroatoms. The highest BCUT2D eigenvalue weighted by molar-refractivity contribution is 5.82. The molecule has 0 aromatic carbocycles. The van der Waals surface area contributed by atoms with Crippen LogP contribution in [0.25, 0.3) is 0 Å². The third kappa shape index (κ3) is 18.7. The van der Waals surface area contributed by atoms with Crippen molar-refractivity contribution < 1.29 is 50.4 Å². The quantitative estimate of drug-likeness (QED) is 0.155. The normalized spacial score (nSPS) is 36.2. The summed E-state index contributed by atoms with van der Waals surface area (Å²) < 4.78 is 5.65. The lowest BCUT2D eigenvalue weighted by molar-refractivity contribution is -0.147. The lowest BCUT2D eigenvalue weighted by atomic mass is 9.90. The van der Waals surface area contributed by atoms with Crippen molar-refractivity contribution in [1.82, 2.24) is 0 Å². The summed E-state index contributed by atoms with van der Waals surface area (Å²) in [5.41, 5.74) is 0. The molecular formula is C36H58O10. The first-order valence-electron chi connectivity index (χ1n) is 16.4. The molecule has 0 bridgehead atoms. The van der Waals surface area contributed by atoms with Gasteiger partial charge >= 0.3 is 5.97 Å². The van der Waals surface area contributed by atoms with Gasteiger partial charge in [0.25, 0.3) is 0 Å². The third-order valence-electron chi connectivity index (χ3n) is 8.01. The van der Waals surface area contributed by atoms with Crippen LogP contribution in [0.1, 0.15) is 72.6 Å². The van der Waals surface area contributed by atoms with Gasteiger partial charge in [-0.1, -0.05) is 94.5 Å². The lowest BCUT2D eigenvalue weighted by Gasteiger charge is -2.26. The van der Waals surface area contributed by atoms with E-state index in [2.05, 4.69) is 0 Å². The van der Waals surface area contributed by atoms with E-state index in [1.807, 2.05) is 20.8 Å². The Labute approximate surface area is 274 Å². The number of carbonyl (C=O) groups is 1. The Bertz CT molecular complexity index is 1020. The molecule has 1 heterocycles. The topological polar surface area (TPSA) is 188 Å². The van der Waals surface area contributed by atoms with Crippen molar-refractivity contribution in [2.75, 3.05) is 0 Å². The molecule has 11 unspecified atom stereocenters. The lowest BCUT2D eigenvalue weighted by Crippen LogP contribution is -2.34. The molecule has 46 heavy (non-hydrogen) atoms. The number of cyclic esters (lactones) is 1. The smallest absolute Gasteiger partial charge is 0.331 e. The molecule has 10 nitrogen and oxygen atoms in total. The summed E-state index contributed by atoms with van der Waals surface area (Å²) in [5, 5.41) is 83.2. The zero-order valence-electron chi connectivity index (χ0n) is 27.7. The van der Waals surface area contributed by atoms with Gasteiger partial charge in [-0.25, -0.2) is 4.79 Å². The number of aliphatic hydroxyl groups is 8. The van der Waals surface area contributed by atoms with Crippen LogP contribution in [0.5, 0.6) is 0 Å². The summed E-state index contributed by atoms with van der Waals surface area (Å²) in [5.74, 6) is -1.25. The van der Waals surface area contributed by atoms with Crippen LogP contribution in [0.15, 0.2) is 72.9 Å². The molecule has 0 fully saturated rings. The second kappa shape index (κ2) is 23.0. The number of rotatable bonds is 1. The Morgan fingerprint density at radius 3 is 1.59 bits per heavy atom. The van der Waals surface area contributed by atoms with E-state index in [1.165, 1.54) is 12.2 Å². The van der Waals surface area contributed by atoms with Crippen LogP contribution < -0.4 is 0 Å². The first kappa shape index (κ1) is 41.6. The average molecular weight is 651 g/mol. The molecule has 1 aliphatic rings. The molecule has 0 spiro atoms. The molecule has 0 radical (unpaired) electrons. The van der Waals surface area contributed by atoms with Crippen molar-refractivity contribution in [2.45, 2.75) is 128 Å². The molecule has 0 aromatic heterocycles. The van der Waals surface area contributed by atoms with Crippen LogP contribution >= 0.6 is 0 Å². The van der Waals surface area contributed by atoms with E-state index in [9.17, 15) is 45.6 Å². The fourth-order valence-electron chi connectivity index (χ4n) is 5.31. The second-order valence-electron chi connectivity index (χ2n) is 12.8. The highest BCUT2D eigenvalue weighted by Gasteiger charge is 2.27. The van der Waals surface area contributed by atoms with Gasteiger partial charge in [-0.05, 0) is 44.4 Å². The van der Waals surface area contributed by atoms with Crippen molar-refractivity contribution in [3.05, 3.63) is 72.9 Å². The summed E-state index contributed by atoms with van der Waals surface area (Å²) in [7, 11) is 0. The number of hydrogen-bond acceptors (Lipinski definition) is 10. The minimum Gasteiger partial charge on any atom is -0.458 e. The molecule has 1 aliphatic heterocycles. The zero-order valence-corrected chi connectivity index (χ0v) is 27.7. The maximum absolute atomic E-state index is 12.4. The van der Waals surface area contributed by atoms with Crippen molar-refractivity contribution in [2.24, 2.45) is 17.8 Å². The molecule has 11 atom stereocenters. The number of ether oxygens (including phenoxy) is 1. The molecular weight excluding hydrogens is 592 g/mol. The molecule has 0 saturated heterocycles. The second-order valence-corrected chi connectivity index (χ2v) is 12.8. The predicted octanol–water partition coefficient (Wildman–Crippen LogP) is 2.80. The Hall–Kier alpha value is -2.41. The molecule has 0 aliphatic carbocycles. The first-order valence-corrected chi connectivity index (χ1v) is 16.4. The van der Waals surface area contributed by atoms with Gasteiger partial charge in [-0.15, -0.1) is 0 Å². The fourth-order valence-corrected chi connectivity index (χ4v) is 5.31. The van der Waals surface area contributed by atoms with Crippen LogP contribution in [0, 0.1) is 17.8 Å². The Morgan fingerprint density at radius 1 is 0.609 bits per heavy atom. The zero-order chi connectivity index (χ0) is 34.6. The van der Waals surface area contributed by atoms with E-state index in [0.29, 0.717) is 6.42 Å². The van der Waals surface area contributed by atoms with Crippen LogP contribution in [-0.4, -0.2) is 102 Å². The largest absolute Gasteiger partial charge is 0.458 e. The van der Waals surface area contributed by atoms with Gasteiger partial charge in [0, 0.05) is 24.3 Å². The van der Waals surface area contributed by atoms with Gasteiger partial charge in [0.1, 0.15) is 6.10 Å². The maximum atomic E-state index is 12.4. The highest BCUT2D eigenvalue weighted by atomic mass is 16.5. The number of carbonyl (C=O) groups excluding carboxylic acids is 1. The average Bonchev–Trinajstić information content (AvgIpc) is 2.95. The molecule has 0 aromatic rings. The number of allylic oxidation sites excluding steroid dienone is 8. The Morgan fingerprint density at radius 2 is 1.07 bits per heavy atom. The van der Waals surface area contributed by atoms with E-state index < -0.39 is 66.8 Å². The minimum absolute atomic E-state index is 0.00324. The maximum Gasteiger partial charge on any atom is 0.331 e. The molecule has 0 saturated carbocycles. The van der Waals surface area contributed by atoms with Gasteiger partial charge in [0.05, 0.1) is 48.8 Å². The van der Waals surface area contributed by atoms with Crippen LogP contribution in [0.4, 0.5) is 0 Å². The summed E-state index contributed by atoms with van der Waals surface area (Å²) in [4.78, 5) is 12.4.